The summed E-state index contributed by atoms with van der Waals surface area (Å²) in [5.41, 5.74) is 4.81. The fourth-order valence-electron chi connectivity index (χ4n) is 3.17. The van der Waals surface area contributed by atoms with Crippen LogP contribution in [0.2, 0.25) is 0 Å². The molecule has 0 bridgehead atoms. The third-order valence-electron chi connectivity index (χ3n) is 5.07. The Morgan fingerprint density at radius 2 is 1.79 bits per heavy atom. The van der Waals surface area contributed by atoms with Gasteiger partial charge in [0.15, 0.2) is 11.6 Å². The van der Waals surface area contributed by atoms with Gasteiger partial charge in [-0.3, -0.25) is 0 Å². The quantitative estimate of drug-likeness (QED) is 0.750. The van der Waals surface area contributed by atoms with E-state index in [-0.39, 0.29) is 0 Å². The van der Waals surface area contributed by atoms with E-state index in [4.69, 9.17) is 4.99 Å². The van der Waals surface area contributed by atoms with Crippen molar-refractivity contribution in [2.75, 3.05) is 39.5 Å². The van der Waals surface area contributed by atoms with Crippen molar-refractivity contribution >= 4 is 22.8 Å². The molecule has 0 saturated carbocycles. The zero-order chi connectivity index (χ0) is 21.0. The van der Waals surface area contributed by atoms with Crippen molar-refractivity contribution in [3.05, 3.63) is 65.2 Å². The number of nitrogens with one attached hydrogen (secondary N) is 1. The average Bonchev–Trinajstić information content (AvgIpc) is 2.86. The summed E-state index contributed by atoms with van der Waals surface area (Å²) in [6.07, 6.45) is 3.00. The minimum absolute atomic E-state index is 0.417. The van der Waals surface area contributed by atoms with Crippen LogP contribution in [0.15, 0.2) is 47.5 Å². The summed E-state index contributed by atoms with van der Waals surface area (Å²) in [4.78, 5) is 9.26. The highest BCUT2D eigenvalue weighted by molar-refractivity contribution is 5.92. The first-order valence-electron chi connectivity index (χ1n) is 9.76. The van der Waals surface area contributed by atoms with Gasteiger partial charge in [0, 0.05) is 44.4 Å². The number of hydrogen-bond acceptors (Lipinski definition) is 4. The van der Waals surface area contributed by atoms with Crippen LogP contribution >= 0.6 is 0 Å². The molecule has 154 valence electrons. The Morgan fingerprint density at radius 3 is 2.52 bits per heavy atom. The Hall–Kier alpha value is -2.73. The van der Waals surface area contributed by atoms with Gasteiger partial charge in [-0.25, -0.2) is 13.8 Å². The van der Waals surface area contributed by atoms with Crippen LogP contribution in [0.3, 0.4) is 0 Å². The molecule has 0 fully saturated rings. The fourth-order valence-corrected chi connectivity index (χ4v) is 3.17. The number of amidine groups is 1. The summed E-state index contributed by atoms with van der Waals surface area (Å²) >= 11 is 0. The molecule has 0 radical (unpaired) electrons. The summed E-state index contributed by atoms with van der Waals surface area (Å²) < 4.78 is 26.5. The molecule has 0 unspecified atom stereocenters. The maximum absolute atomic E-state index is 13.4. The number of halogens is 2. The molecule has 29 heavy (non-hydrogen) atoms. The van der Waals surface area contributed by atoms with Gasteiger partial charge < -0.3 is 15.1 Å². The Bertz CT molecular complexity index is 934. The number of benzene rings is 2. The van der Waals surface area contributed by atoms with Crippen LogP contribution in [0.5, 0.6) is 0 Å². The molecule has 2 aromatic carbocycles. The first kappa shape index (κ1) is 21.0. The lowest BCUT2D eigenvalue weighted by atomic mass is 10.0. The number of fused-ring (bicyclic) bond motifs is 1. The third kappa shape index (κ3) is 5.41. The van der Waals surface area contributed by atoms with Gasteiger partial charge in [0.2, 0.25) is 0 Å². The lowest BCUT2D eigenvalue weighted by molar-refractivity contribution is 0.355. The second kappa shape index (κ2) is 9.18. The minimum atomic E-state index is -0.830. The lowest BCUT2D eigenvalue weighted by Gasteiger charge is -2.22. The normalized spacial score (nSPS) is 13.5. The van der Waals surface area contributed by atoms with Crippen LogP contribution in [0.1, 0.15) is 24.5 Å². The number of likely N-dealkylation sites (N-methyl/N-ethyl adjacent to an activating group) is 2. The molecule has 1 aliphatic heterocycles. The molecule has 0 spiro atoms. The molecule has 0 aliphatic carbocycles. The van der Waals surface area contributed by atoms with Crippen molar-refractivity contribution in [2.45, 2.75) is 19.9 Å². The number of rotatable bonds is 6. The zero-order valence-corrected chi connectivity index (χ0v) is 17.5. The summed E-state index contributed by atoms with van der Waals surface area (Å²) in [7, 11) is 6.21. The predicted octanol–water partition coefficient (Wildman–Crippen LogP) is 4.91. The Labute approximate surface area is 171 Å². The van der Waals surface area contributed by atoms with Crippen LogP contribution < -0.4 is 5.32 Å². The van der Waals surface area contributed by atoms with E-state index in [1.165, 1.54) is 11.6 Å². The van der Waals surface area contributed by atoms with E-state index in [1.54, 1.807) is 6.07 Å². The van der Waals surface area contributed by atoms with Crippen LogP contribution in [-0.2, 0) is 6.54 Å². The highest BCUT2D eigenvalue weighted by Gasteiger charge is 2.14. The monoisotopic (exact) mass is 398 g/mol. The zero-order valence-electron chi connectivity index (χ0n) is 17.5. The summed E-state index contributed by atoms with van der Waals surface area (Å²) in [6.45, 7) is 4.40. The van der Waals surface area contributed by atoms with Crippen molar-refractivity contribution in [1.82, 2.24) is 9.80 Å². The molecular formula is C23H28F2N4. The first-order valence-corrected chi connectivity index (χ1v) is 9.76. The molecule has 2 aromatic rings. The summed E-state index contributed by atoms with van der Waals surface area (Å²) in [6, 6.07) is 9.99. The van der Waals surface area contributed by atoms with Gasteiger partial charge >= 0.3 is 0 Å². The Kier molecular flexibility index (Phi) is 6.64. The second-order valence-electron chi connectivity index (χ2n) is 7.68. The summed E-state index contributed by atoms with van der Waals surface area (Å²) in [5, 5.41) is 3.28. The van der Waals surface area contributed by atoms with Crippen molar-refractivity contribution < 1.29 is 8.78 Å². The maximum atomic E-state index is 13.4. The molecule has 3 rings (SSSR count). The number of allylic oxidation sites excluding steroid dienone is 1. The molecule has 1 aliphatic rings. The van der Waals surface area contributed by atoms with Crippen molar-refractivity contribution in [2.24, 2.45) is 4.99 Å². The first-order chi connectivity index (χ1) is 13.8. The number of aliphatic imine (C=N–C) groups is 1. The molecular weight excluding hydrogens is 370 g/mol. The van der Waals surface area contributed by atoms with Crippen LogP contribution in [0, 0.1) is 11.6 Å². The number of anilines is 1. The van der Waals surface area contributed by atoms with Gasteiger partial charge in [-0.05, 0) is 62.5 Å². The van der Waals surface area contributed by atoms with Gasteiger partial charge in [-0.1, -0.05) is 12.1 Å². The molecule has 1 N–H and O–H groups in total. The van der Waals surface area contributed by atoms with Crippen LogP contribution in [-0.4, -0.2) is 49.9 Å². The van der Waals surface area contributed by atoms with Gasteiger partial charge in [-0.2, -0.15) is 0 Å². The molecule has 0 aromatic heterocycles. The Morgan fingerprint density at radius 1 is 1.00 bits per heavy atom. The van der Waals surface area contributed by atoms with E-state index in [0.29, 0.717) is 12.1 Å². The van der Waals surface area contributed by atoms with E-state index in [1.807, 2.05) is 12.1 Å². The molecule has 1 heterocycles. The highest BCUT2D eigenvalue weighted by atomic mass is 19.2. The lowest BCUT2D eigenvalue weighted by Crippen LogP contribution is -2.33. The van der Waals surface area contributed by atoms with Gasteiger partial charge in [0.05, 0.1) is 5.69 Å². The molecule has 0 amide bonds. The predicted molar refractivity (Wildman–Crippen MR) is 117 cm³/mol. The number of hydrogen-bond donors (Lipinski definition) is 1. The molecule has 6 heteroatoms. The SMILES string of the molecule is CC1=CCC(N(C)CCN(C)C)=Nc2ccc(NCc3ccc(F)c(F)c3)cc21. The van der Waals surface area contributed by atoms with Gasteiger partial charge in [0.25, 0.3) is 0 Å². The average molecular weight is 399 g/mol. The minimum Gasteiger partial charge on any atom is -0.381 e. The topological polar surface area (TPSA) is 30.9 Å². The van der Waals surface area contributed by atoms with Crippen molar-refractivity contribution in [1.29, 1.82) is 0 Å². The largest absolute Gasteiger partial charge is 0.381 e. The van der Waals surface area contributed by atoms with Crippen LogP contribution in [0.4, 0.5) is 20.2 Å². The number of nitrogens with zero attached hydrogens (tertiary/aromatic N) is 3. The molecule has 0 atom stereocenters. The van der Waals surface area contributed by atoms with E-state index in [2.05, 4.69) is 55.3 Å². The second-order valence-corrected chi connectivity index (χ2v) is 7.68. The van der Waals surface area contributed by atoms with E-state index >= 15 is 0 Å². The fraction of sp³-hybridized carbons (Fsp3) is 0.348. The third-order valence-corrected chi connectivity index (χ3v) is 5.07. The standard InChI is InChI=1S/C23H28F2N4/c1-16-5-10-23(29(4)12-11-28(2)3)27-22-9-7-18(14-19(16)22)26-15-17-6-8-20(24)21(25)13-17/h5-9,13-14,26H,10-12,15H2,1-4H3. The summed E-state index contributed by atoms with van der Waals surface area (Å²) in [5.74, 6) is -0.610. The van der Waals surface area contributed by atoms with Crippen LogP contribution in [0.25, 0.3) is 5.57 Å². The van der Waals surface area contributed by atoms with Gasteiger partial charge in [0.1, 0.15) is 5.84 Å². The highest BCUT2D eigenvalue weighted by Crippen LogP contribution is 2.32. The smallest absolute Gasteiger partial charge is 0.159 e. The van der Waals surface area contributed by atoms with E-state index in [9.17, 15) is 8.78 Å². The van der Waals surface area contributed by atoms with E-state index < -0.39 is 11.6 Å². The molecule has 4 nitrogen and oxygen atoms in total. The van der Waals surface area contributed by atoms with Crippen molar-refractivity contribution in [3.8, 4) is 0 Å². The molecule has 0 saturated heterocycles. The van der Waals surface area contributed by atoms with E-state index in [0.717, 1.165) is 48.4 Å². The Balaban J connectivity index is 1.76. The van der Waals surface area contributed by atoms with Gasteiger partial charge in [-0.15, -0.1) is 0 Å². The maximum Gasteiger partial charge on any atom is 0.159 e. The van der Waals surface area contributed by atoms with Crippen molar-refractivity contribution in [3.63, 3.8) is 0 Å².